The number of hydrogen-bond donors (Lipinski definition) is 2. The number of aryl methyl sites for hydroxylation is 2. The van der Waals surface area contributed by atoms with E-state index in [4.69, 9.17) is 5.11 Å². The number of carboxylic acids is 1. The first-order valence-corrected chi connectivity index (χ1v) is 6.28. The molecule has 0 aliphatic rings. The van der Waals surface area contributed by atoms with Gasteiger partial charge in [0.15, 0.2) is 5.69 Å². The van der Waals surface area contributed by atoms with E-state index in [1.807, 2.05) is 6.92 Å². The zero-order valence-corrected chi connectivity index (χ0v) is 11.6. The van der Waals surface area contributed by atoms with Gasteiger partial charge in [-0.05, 0) is 13.0 Å². The van der Waals surface area contributed by atoms with Crippen molar-refractivity contribution in [1.82, 2.24) is 19.6 Å². The van der Waals surface area contributed by atoms with Crippen molar-refractivity contribution in [3.05, 3.63) is 35.9 Å². The molecule has 0 saturated heterocycles. The van der Waals surface area contributed by atoms with Crippen LogP contribution < -0.4 is 5.32 Å². The molecule has 0 saturated carbocycles. The van der Waals surface area contributed by atoms with E-state index in [9.17, 15) is 9.59 Å². The summed E-state index contributed by atoms with van der Waals surface area (Å²) in [6.07, 6.45) is 7.79. The molecule has 0 unspecified atom stereocenters. The summed E-state index contributed by atoms with van der Waals surface area (Å²) in [5.41, 5.74) is 0.749. The second-order valence-corrected chi connectivity index (χ2v) is 4.32. The molecule has 0 aromatic carbocycles. The maximum atomic E-state index is 11.8. The van der Waals surface area contributed by atoms with Crippen molar-refractivity contribution in [3.8, 4) is 0 Å². The highest BCUT2D eigenvalue weighted by molar-refractivity contribution is 6.05. The Morgan fingerprint density at radius 1 is 1.43 bits per heavy atom. The highest BCUT2D eigenvalue weighted by Gasteiger charge is 2.15. The van der Waals surface area contributed by atoms with Gasteiger partial charge in [-0.1, -0.05) is 0 Å². The molecule has 8 nitrogen and oxygen atoms in total. The average Bonchev–Trinajstić information content (AvgIpc) is 3.03. The topological polar surface area (TPSA) is 102 Å². The van der Waals surface area contributed by atoms with E-state index < -0.39 is 11.9 Å². The lowest BCUT2D eigenvalue weighted by molar-refractivity contribution is -0.111. The van der Waals surface area contributed by atoms with Crippen LogP contribution in [0.5, 0.6) is 0 Å². The van der Waals surface area contributed by atoms with Crippen molar-refractivity contribution in [2.24, 2.45) is 7.05 Å². The van der Waals surface area contributed by atoms with Gasteiger partial charge in [-0.3, -0.25) is 14.2 Å². The SMILES string of the molecule is CCn1cc(C=CC(=O)Nc2cn(C)nc2C(=O)O)cn1. The first kappa shape index (κ1) is 14.5. The fourth-order valence-electron chi connectivity index (χ4n) is 1.72. The summed E-state index contributed by atoms with van der Waals surface area (Å²) in [5, 5.41) is 19.3. The fraction of sp³-hybridized carbons (Fsp3) is 0.231. The molecule has 2 aromatic rings. The molecule has 2 aromatic heterocycles. The zero-order chi connectivity index (χ0) is 15.4. The standard InChI is InChI=1S/C13H15N5O3/c1-3-18-7-9(6-14-18)4-5-11(19)15-10-8-17(2)16-12(10)13(20)21/h4-8H,3H2,1-2H3,(H,15,19)(H,20,21). The number of anilines is 1. The Hall–Kier alpha value is -2.90. The smallest absolute Gasteiger partial charge is 0.358 e. The number of aromatic nitrogens is 4. The van der Waals surface area contributed by atoms with Crippen LogP contribution in [0.15, 0.2) is 24.7 Å². The molecule has 0 bridgehead atoms. The van der Waals surface area contributed by atoms with Gasteiger partial charge in [0.05, 0.1) is 11.9 Å². The van der Waals surface area contributed by atoms with Crippen LogP contribution in [0.1, 0.15) is 23.0 Å². The number of carbonyl (C=O) groups excluding carboxylic acids is 1. The van der Waals surface area contributed by atoms with Crippen molar-refractivity contribution in [3.63, 3.8) is 0 Å². The van der Waals surface area contributed by atoms with Gasteiger partial charge in [0, 0.05) is 37.6 Å². The molecular weight excluding hydrogens is 274 g/mol. The van der Waals surface area contributed by atoms with E-state index in [1.54, 1.807) is 30.2 Å². The molecule has 1 amide bonds. The van der Waals surface area contributed by atoms with Gasteiger partial charge in [-0.25, -0.2) is 4.79 Å². The first-order valence-electron chi connectivity index (χ1n) is 6.28. The van der Waals surface area contributed by atoms with Gasteiger partial charge in [-0.2, -0.15) is 10.2 Å². The van der Waals surface area contributed by atoms with E-state index in [1.165, 1.54) is 17.0 Å². The summed E-state index contributed by atoms with van der Waals surface area (Å²) in [6.45, 7) is 2.71. The molecule has 0 aliphatic heterocycles. The summed E-state index contributed by atoms with van der Waals surface area (Å²) >= 11 is 0. The lowest BCUT2D eigenvalue weighted by Gasteiger charge is -1.98. The number of carbonyl (C=O) groups is 2. The Morgan fingerprint density at radius 2 is 2.19 bits per heavy atom. The Bertz CT molecular complexity index is 698. The Kier molecular flexibility index (Phi) is 4.17. The minimum Gasteiger partial charge on any atom is -0.476 e. The normalized spacial score (nSPS) is 11.0. The second kappa shape index (κ2) is 6.04. The van der Waals surface area contributed by atoms with Crippen LogP contribution >= 0.6 is 0 Å². The van der Waals surface area contributed by atoms with Gasteiger partial charge in [0.1, 0.15) is 0 Å². The van der Waals surface area contributed by atoms with E-state index in [0.29, 0.717) is 0 Å². The van der Waals surface area contributed by atoms with Crippen LogP contribution in [0.4, 0.5) is 5.69 Å². The van der Waals surface area contributed by atoms with E-state index in [2.05, 4.69) is 15.5 Å². The maximum absolute atomic E-state index is 11.8. The Morgan fingerprint density at radius 3 is 2.81 bits per heavy atom. The molecule has 0 fully saturated rings. The van der Waals surface area contributed by atoms with Crippen LogP contribution in [0, 0.1) is 0 Å². The van der Waals surface area contributed by atoms with Crippen molar-refractivity contribution >= 4 is 23.6 Å². The molecule has 0 atom stereocenters. The number of nitrogens with zero attached hydrogens (tertiary/aromatic N) is 4. The number of amides is 1. The zero-order valence-electron chi connectivity index (χ0n) is 11.6. The fourth-order valence-corrected chi connectivity index (χ4v) is 1.72. The molecule has 110 valence electrons. The molecule has 21 heavy (non-hydrogen) atoms. The number of rotatable bonds is 5. The van der Waals surface area contributed by atoms with Crippen LogP contribution in [0.25, 0.3) is 6.08 Å². The summed E-state index contributed by atoms with van der Waals surface area (Å²) in [5.74, 6) is -1.63. The van der Waals surface area contributed by atoms with Crippen molar-refractivity contribution < 1.29 is 14.7 Å². The molecule has 2 rings (SSSR count). The third-order valence-electron chi connectivity index (χ3n) is 2.69. The van der Waals surface area contributed by atoms with Crippen LogP contribution in [-0.4, -0.2) is 36.5 Å². The van der Waals surface area contributed by atoms with Gasteiger partial charge in [0.25, 0.3) is 0 Å². The Balaban J connectivity index is 2.06. The average molecular weight is 289 g/mol. The number of hydrogen-bond acceptors (Lipinski definition) is 4. The number of aromatic carboxylic acids is 1. The molecule has 0 radical (unpaired) electrons. The quantitative estimate of drug-likeness (QED) is 0.799. The molecule has 8 heteroatoms. The third-order valence-corrected chi connectivity index (χ3v) is 2.69. The minimum absolute atomic E-state index is 0.156. The highest BCUT2D eigenvalue weighted by Crippen LogP contribution is 2.13. The predicted octanol–water partition coefficient (Wildman–Crippen LogP) is 0.987. The largest absolute Gasteiger partial charge is 0.476 e. The molecular formula is C13H15N5O3. The first-order chi connectivity index (χ1) is 9.99. The summed E-state index contributed by atoms with van der Waals surface area (Å²) in [7, 11) is 1.58. The summed E-state index contributed by atoms with van der Waals surface area (Å²) < 4.78 is 3.06. The molecule has 2 N–H and O–H groups in total. The molecule has 0 aliphatic carbocycles. The lowest BCUT2D eigenvalue weighted by Crippen LogP contribution is -2.10. The number of nitrogens with one attached hydrogen (secondary N) is 1. The molecule has 0 spiro atoms. The summed E-state index contributed by atoms with van der Waals surface area (Å²) in [6, 6.07) is 0. The van der Waals surface area contributed by atoms with E-state index >= 15 is 0 Å². The Labute approximate surface area is 120 Å². The van der Waals surface area contributed by atoms with Gasteiger partial charge < -0.3 is 10.4 Å². The van der Waals surface area contributed by atoms with Crippen LogP contribution in [0.2, 0.25) is 0 Å². The van der Waals surface area contributed by atoms with Gasteiger partial charge >= 0.3 is 5.97 Å². The predicted molar refractivity (Wildman–Crippen MR) is 75.7 cm³/mol. The van der Waals surface area contributed by atoms with Gasteiger partial charge in [0.2, 0.25) is 5.91 Å². The van der Waals surface area contributed by atoms with Crippen LogP contribution in [0.3, 0.4) is 0 Å². The van der Waals surface area contributed by atoms with Crippen molar-refractivity contribution in [1.29, 1.82) is 0 Å². The minimum atomic E-state index is -1.20. The maximum Gasteiger partial charge on any atom is 0.358 e. The summed E-state index contributed by atoms with van der Waals surface area (Å²) in [4.78, 5) is 22.8. The van der Waals surface area contributed by atoms with Crippen molar-refractivity contribution in [2.75, 3.05) is 5.32 Å². The lowest BCUT2D eigenvalue weighted by atomic mass is 10.3. The van der Waals surface area contributed by atoms with Crippen LogP contribution in [-0.2, 0) is 18.4 Å². The van der Waals surface area contributed by atoms with E-state index in [0.717, 1.165) is 12.1 Å². The third kappa shape index (κ3) is 3.56. The van der Waals surface area contributed by atoms with E-state index in [-0.39, 0.29) is 11.4 Å². The molecule has 2 heterocycles. The van der Waals surface area contributed by atoms with Gasteiger partial charge in [-0.15, -0.1) is 0 Å². The highest BCUT2D eigenvalue weighted by atomic mass is 16.4. The monoisotopic (exact) mass is 289 g/mol. The van der Waals surface area contributed by atoms with Crippen molar-refractivity contribution in [2.45, 2.75) is 13.5 Å². The second-order valence-electron chi connectivity index (χ2n) is 4.32. The number of carboxylic acid groups (broad SMARTS) is 1.